The van der Waals surface area contributed by atoms with Crippen LogP contribution >= 0.6 is 23.0 Å². The van der Waals surface area contributed by atoms with Crippen molar-refractivity contribution < 1.29 is 17.6 Å². The first-order chi connectivity index (χ1) is 5.00. The fourth-order valence-corrected chi connectivity index (χ4v) is 0.684. The molecular weight excluding hydrogens is 269 g/mol. The Balaban J connectivity index is 4.47. The highest BCUT2D eigenvalue weighted by atomic mass is 127. The Labute approximate surface area is 75.7 Å². The number of hydrogen-bond acceptors (Lipinski definition) is 5. The number of carbonyl (C=O) groups is 2. The molecule has 1 atom stereocenters. The van der Waals surface area contributed by atoms with Gasteiger partial charge in [0, 0.05) is 11.8 Å². The van der Waals surface area contributed by atoms with Crippen LogP contribution in [-0.4, -0.2) is 22.7 Å². The van der Waals surface area contributed by atoms with Crippen LogP contribution in [0.5, 0.6) is 0 Å². The van der Waals surface area contributed by atoms with Gasteiger partial charge in [0.2, 0.25) is 5.78 Å². The fraction of sp³-hybridized carbons (Fsp3) is 0.500. The van der Waals surface area contributed by atoms with Crippen molar-refractivity contribution >= 4 is 34.8 Å². The van der Waals surface area contributed by atoms with Crippen LogP contribution in [0.3, 0.4) is 0 Å². The molecule has 0 aliphatic heterocycles. The highest BCUT2D eigenvalue weighted by Gasteiger charge is 2.36. The van der Waals surface area contributed by atoms with E-state index < -0.39 is 22.7 Å². The summed E-state index contributed by atoms with van der Waals surface area (Å²) in [5, 5.41) is 10.0. The van der Waals surface area contributed by atoms with Crippen LogP contribution in [0, 0.1) is 10.1 Å². The number of rotatable bonds is 3. The number of carbonyl (C=O) groups excluding carboxylic acids is 2. The summed E-state index contributed by atoms with van der Waals surface area (Å²) in [7, 11) is 0. The number of ketones is 1. The Morgan fingerprint density at radius 2 is 2.09 bits per heavy atom. The molecule has 0 radical (unpaired) electrons. The average molecular weight is 273 g/mol. The van der Waals surface area contributed by atoms with Crippen molar-refractivity contribution in [3.05, 3.63) is 10.1 Å². The molecule has 0 saturated carbocycles. The Morgan fingerprint density at radius 1 is 1.64 bits per heavy atom. The van der Waals surface area contributed by atoms with E-state index in [9.17, 15) is 19.7 Å². The molecule has 0 aromatic rings. The molecule has 0 heterocycles. The van der Waals surface area contributed by atoms with Gasteiger partial charge in [-0.3, -0.25) is 14.9 Å². The topological polar surface area (TPSA) is 86.5 Å². The second-order valence-electron chi connectivity index (χ2n) is 1.69. The van der Waals surface area contributed by atoms with Crippen LogP contribution in [0.4, 0.5) is 0 Å². The second kappa shape index (κ2) is 4.21. The van der Waals surface area contributed by atoms with Gasteiger partial charge in [0.25, 0.3) is 0 Å². The molecule has 62 valence electrons. The first-order valence-corrected chi connectivity index (χ1v) is 3.35. The summed E-state index contributed by atoms with van der Waals surface area (Å²) in [5.74, 6) is -1.99. The molecule has 0 saturated heterocycles. The Kier molecular flexibility index (Phi) is 3.93. The summed E-state index contributed by atoms with van der Waals surface area (Å²) in [5.41, 5.74) is 0. The van der Waals surface area contributed by atoms with Gasteiger partial charge in [0.05, 0.1) is 0 Å². The summed E-state index contributed by atoms with van der Waals surface area (Å²) in [6, 6.07) is -1.88. The highest BCUT2D eigenvalue weighted by Crippen LogP contribution is 1.99. The van der Waals surface area contributed by atoms with Crippen LogP contribution < -0.4 is 0 Å². The number of halogens is 1. The zero-order valence-electron chi connectivity index (χ0n) is 5.44. The lowest BCUT2D eigenvalue weighted by Crippen LogP contribution is -2.36. The molecule has 0 aliphatic rings. The van der Waals surface area contributed by atoms with Gasteiger partial charge in [-0.05, 0) is 0 Å². The van der Waals surface area contributed by atoms with Crippen molar-refractivity contribution in [3.63, 3.8) is 0 Å². The van der Waals surface area contributed by atoms with Crippen LogP contribution in [0.15, 0.2) is 0 Å². The maximum atomic E-state index is 10.5. The molecule has 0 fully saturated rings. The van der Waals surface area contributed by atoms with Crippen LogP contribution in [0.1, 0.15) is 6.92 Å². The number of hydrogen-bond donors (Lipinski definition) is 0. The van der Waals surface area contributed by atoms with Crippen molar-refractivity contribution in [2.75, 3.05) is 0 Å². The largest absolute Gasteiger partial charge is 0.399 e. The molecule has 0 aromatic heterocycles. The Bertz CT molecular complexity index is 189. The molecule has 0 amide bonds. The predicted molar refractivity (Wildman–Crippen MR) is 41.6 cm³/mol. The average Bonchev–Trinajstić information content (AvgIpc) is 1.85. The fourth-order valence-electron chi connectivity index (χ4n) is 0.443. The lowest BCUT2D eigenvalue weighted by molar-refractivity contribution is -0.495. The molecule has 0 rings (SSSR count). The molecule has 11 heavy (non-hydrogen) atoms. The molecule has 0 aromatic carbocycles. The SMILES string of the molecule is CC(=O)C(C(=O)OI)[N+](=O)[O-]. The molecule has 0 bridgehead atoms. The maximum Gasteiger partial charge on any atom is 0.399 e. The van der Waals surface area contributed by atoms with E-state index >= 15 is 0 Å². The normalized spacial score (nSPS) is 11.8. The lowest BCUT2D eigenvalue weighted by atomic mass is 10.2. The van der Waals surface area contributed by atoms with E-state index in [0.29, 0.717) is 0 Å². The summed E-state index contributed by atoms with van der Waals surface area (Å²) in [6.45, 7) is 0.959. The van der Waals surface area contributed by atoms with Gasteiger partial charge in [-0.25, -0.2) is 4.79 Å². The van der Waals surface area contributed by atoms with Gasteiger partial charge >= 0.3 is 12.0 Å². The molecular formula is C4H4INO5. The summed E-state index contributed by atoms with van der Waals surface area (Å²) < 4.78 is 4.00. The van der Waals surface area contributed by atoms with Gasteiger partial charge in [-0.15, -0.1) is 0 Å². The number of Topliss-reactive ketones (excluding diaryl/α,β-unsaturated/α-hetero) is 1. The smallest absolute Gasteiger partial charge is 0.389 e. The van der Waals surface area contributed by atoms with E-state index in [0.717, 1.165) is 6.92 Å². The Morgan fingerprint density at radius 3 is 2.18 bits per heavy atom. The van der Waals surface area contributed by atoms with Crippen LogP contribution in [-0.2, 0) is 12.7 Å². The number of nitro groups is 1. The van der Waals surface area contributed by atoms with Crippen molar-refractivity contribution in [1.82, 2.24) is 0 Å². The molecule has 7 heteroatoms. The van der Waals surface area contributed by atoms with Crippen LogP contribution in [0.2, 0.25) is 0 Å². The minimum Gasteiger partial charge on any atom is -0.389 e. The minimum absolute atomic E-state index is 0.836. The third kappa shape index (κ3) is 2.78. The maximum absolute atomic E-state index is 10.5. The third-order valence-corrected chi connectivity index (χ3v) is 1.33. The Hall–Kier alpha value is -0.730. The van der Waals surface area contributed by atoms with Crippen LogP contribution in [0.25, 0.3) is 0 Å². The van der Waals surface area contributed by atoms with E-state index in [4.69, 9.17) is 0 Å². The zero-order valence-corrected chi connectivity index (χ0v) is 7.60. The van der Waals surface area contributed by atoms with E-state index in [-0.39, 0.29) is 0 Å². The zero-order chi connectivity index (χ0) is 9.02. The molecule has 0 spiro atoms. The van der Waals surface area contributed by atoms with Crippen molar-refractivity contribution in [1.29, 1.82) is 0 Å². The van der Waals surface area contributed by atoms with Crippen molar-refractivity contribution in [2.45, 2.75) is 13.0 Å². The van der Waals surface area contributed by atoms with Gasteiger partial charge in [0.1, 0.15) is 0 Å². The third-order valence-electron chi connectivity index (χ3n) is 0.895. The summed E-state index contributed by atoms with van der Waals surface area (Å²) in [6.07, 6.45) is 0. The van der Waals surface area contributed by atoms with Gasteiger partial charge < -0.3 is 3.07 Å². The lowest BCUT2D eigenvalue weighted by Gasteiger charge is -2.00. The first kappa shape index (κ1) is 10.3. The summed E-state index contributed by atoms with van der Waals surface area (Å²) >= 11 is 1.19. The molecule has 0 aliphatic carbocycles. The van der Waals surface area contributed by atoms with Gasteiger partial charge in [0.15, 0.2) is 23.0 Å². The monoisotopic (exact) mass is 273 g/mol. The minimum atomic E-state index is -1.88. The quantitative estimate of drug-likeness (QED) is 0.315. The van der Waals surface area contributed by atoms with E-state index in [2.05, 4.69) is 3.07 Å². The van der Waals surface area contributed by atoms with Crippen molar-refractivity contribution in [3.8, 4) is 0 Å². The standard InChI is InChI=1S/C4H4INO5/c1-2(7)3(6(9)10)4(8)11-5/h3H,1H3. The second-order valence-corrected chi connectivity index (χ2v) is 2.14. The predicted octanol–water partition coefficient (Wildman–Crippen LogP) is 0.114. The van der Waals surface area contributed by atoms with E-state index in [1.165, 1.54) is 23.0 Å². The number of nitrogens with zero attached hydrogens (tertiary/aromatic N) is 1. The summed E-state index contributed by atoms with van der Waals surface area (Å²) in [4.78, 5) is 30.0. The highest BCUT2D eigenvalue weighted by molar-refractivity contribution is 14.1. The van der Waals surface area contributed by atoms with E-state index in [1.54, 1.807) is 0 Å². The molecule has 0 N–H and O–H groups in total. The van der Waals surface area contributed by atoms with Gasteiger partial charge in [-0.1, -0.05) is 0 Å². The van der Waals surface area contributed by atoms with Crippen molar-refractivity contribution in [2.24, 2.45) is 0 Å². The first-order valence-electron chi connectivity index (χ1n) is 2.47. The van der Waals surface area contributed by atoms with E-state index in [1.807, 2.05) is 0 Å². The molecule has 6 nitrogen and oxygen atoms in total. The van der Waals surface area contributed by atoms with Gasteiger partial charge in [-0.2, -0.15) is 0 Å². The molecule has 1 unspecified atom stereocenters.